The number of nitrogens with zero attached hydrogens (tertiary/aromatic N) is 2. The first-order valence-electron chi connectivity index (χ1n) is 10.8. The quantitative estimate of drug-likeness (QED) is 0.297. The van der Waals surface area contributed by atoms with Gasteiger partial charge in [0, 0.05) is 38.8 Å². The van der Waals surface area contributed by atoms with Crippen LogP contribution in [0.25, 0.3) is 0 Å². The topological polar surface area (TPSA) is 58.1 Å². The number of ether oxygens (including phenoxy) is 2. The van der Waals surface area contributed by atoms with Crippen molar-refractivity contribution in [3.8, 4) is 0 Å². The van der Waals surface area contributed by atoms with Gasteiger partial charge in [-0.25, -0.2) is 0 Å². The summed E-state index contributed by atoms with van der Waals surface area (Å²) in [6.07, 6.45) is 4.60. The van der Waals surface area contributed by atoms with Crippen LogP contribution in [0.15, 0.2) is 21.8 Å². The molecule has 0 aliphatic carbocycles. The molecule has 1 aromatic rings. The fourth-order valence-electron chi connectivity index (χ4n) is 3.18. The first-order chi connectivity index (χ1) is 13.8. The van der Waals surface area contributed by atoms with E-state index in [0.717, 1.165) is 58.0 Å². The molecule has 6 nitrogen and oxygen atoms in total. The van der Waals surface area contributed by atoms with Crippen molar-refractivity contribution >= 4 is 17.3 Å². The molecule has 0 radical (unpaired) electrons. The Morgan fingerprint density at radius 3 is 2.64 bits per heavy atom. The Bertz CT molecular complexity index is 516. The Kier molecular flexibility index (Phi) is 12.2. The number of unbranched alkanes of at least 4 members (excludes halogenated alkanes) is 1. The molecule has 2 heterocycles. The summed E-state index contributed by atoms with van der Waals surface area (Å²) in [7, 11) is 0. The molecule has 0 spiro atoms. The lowest BCUT2D eigenvalue weighted by Crippen LogP contribution is -2.48. The molecule has 2 rings (SSSR count). The van der Waals surface area contributed by atoms with Gasteiger partial charge >= 0.3 is 0 Å². The summed E-state index contributed by atoms with van der Waals surface area (Å²) in [6.45, 7) is 11.9. The molecule has 0 amide bonds. The minimum atomic E-state index is 0.490. The van der Waals surface area contributed by atoms with Crippen molar-refractivity contribution in [1.82, 2.24) is 15.5 Å². The number of aliphatic imine (C=N–C) groups is 1. The maximum atomic E-state index is 5.60. The van der Waals surface area contributed by atoms with Crippen molar-refractivity contribution in [2.24, 2.45) is 4.99 Å². The van der Waals surface area contributed by atoms with Gasteiger partial charge in [-0.05, 0) is 48.6 Å². The van der Waals surface area contributed by atoms with E-state index < -0.39 is 0 Å². The summed E-state index contributed by atoms with van der Waals surface area (Å²) in [6, 6.07) is 2.72. The van der Waals surface area contributed by atoms with Crippen LogP contribution in [0.2, 0.25) is 0 Å². The lowest BCUT2D eigenvalue weighted by atomic mass is 10.0. The van der Waals surface area contributed by atoms with Crippen LogP contribution in [0.1, 0.15) is 45.1 Å². The van der Waals surface area contributed by atoms with E-state index in [1.54, 1.807) is 11.3 Å². The van der Waals surface area contributed by atoms with Crippen molar-refractivity contribution < 1.29 is 9.47 Å². The number of piperidine rings is 1. The van der Waals surface area contributed by atoms with E-state index in [-0.39, 0.29) is 0 Å². The Labute approximate surface area is 174 Å². The van der Waals surface area contributed by atoms with Gasteiger partial charge in [-0.3, -0.25) is 9.89 Å². The van der Waals surface area contributed by atoms with Crippen molar-refractivity contribution in [1.29, 1.82) is 0 Å². The first-order valence-corrected chi connectivity index (χ1v) is 11.7. The fraction of sp³-hybridized carbons (Fsp3) is 0.762. The number of thiophene rings is 1. The zero-order valence-electron chi connectivity index (χ0n) is 17.6. The van der Waals surface area contributed by atoms with Crippen molar-refractivity contribution in [3.63, 3.8) is 0 Å². The second-order valence-corrected chi connectivity index (χ2v) is 7.95. The van der Waals surface area contributed by atoms with Crippen molar-refractivity contribution in [3.05, 3.63) is 22.4 Å². The van der Waals surface area contributed by atoms with Crippen LogP contribution in [0.4, 0.5) is 0 Å². The van der Waals surface area contributed by atoms with E-state index in [0.29, 0.717) is 32.4 Å². The highest BCUT2D eigenvalue weighted by Crippen LogP contribution is 2.15. The van der Waals surface area contributed by atoms with Gasteiger partial charge in [0.15, 0.2) is 5.96 Å². The normalized spacial score (nSPS) is 16.4. The van der Waals surface area contributed by atoms with E-state index >= 15 is 0 Å². The van der Waals surface area contributed by atoms with E-state index in [2.05, 4.69) is 51.2 Å². The molecule has 0 atom stereocenters. The molecule has 0 unspecified atom stereocenters. The summed E-state index contributed by atoms with van der Waals surface area (Å²) in [5.74, 6) is 0.904. The van der Waals surface area contributed by atoms with Crippen molar-refractivity contribution in [2.45, 2.75) is 52.1 Å². The highest BCUT2D eigenvalue weighted by molar-refractivity contribution is 7.07. The van der Waals surface area contributed by atoms with Gasteiger partial charge in [0.05, 0.1) is 26.4 Å². The molecule has 1 fully saturated rings. The number of rotatable bonds is 13. The Balaban J connectivity index is 1.59. The van der Waals surface area contributed by atoms with Crippen LogP contribution in [-0.2, 0) is 16.0 Å². The lowest BCUT2D eigenvalue weighted by Gasteiger charge is -2.33. The van der Waals surface area contributed by atoms with E-state index in [1.807, 2.05) is 0 Å². The second kappa shape index (κ2) is 14.8. The smallest absolute Gasteiger partial charge is 0.191 e. The number of hydrogen-bond donors (Lipinski definition) is 2. The van der Waals surface area contributed by atoms with Gasteiger partial charge in [-0.2, -0.15) is 11.3 Å². The van der Waals surface area contributed by atoms with E-state index in [1.165, 1.54) is 12.0 Å². The Morgan fingerprint density at radius 2 is 1.96 bits per heavy atom. The summed E-state index contributed by atoms with van der Waals surface area (Å²) in [5.41, 5.74) is 1.43. The average Bonchev–Trinajstić information content (AvgIpc) is 3.21. The molecule has 7 heteroatoms. The molecule has 0 saturated carbocycles. The summed E-state index contributed by atoms with van der Waals surface area (Å²) >= 11 is 1.78. The monoisotopic (exact) mass is 410 g/mol. The highest BCUT2D eigenvalue weighted by Gasteiger charge is 2.20. The molecule has 1 aromatic heterocycles. The molecule has 0 bridgehead atoms. The third kappa shape index (κ3) is 9.87. The number of hydrogen-bond acceptors (Lipinski definition) is 5. The molecule has 160 valence electrons. The molecule has 1 aliphatic heterocycles. The van der Waals surface area contributed by atoms with Gasteiger partial charge in [0.2, 0.25) is 0 Å². The minimum Gasteiger partial charge on any atom is -0.379 e. The van der Waals surface area contributed by atoms with Gasteiger partial charge < -0.3 is 20.1 Å². The van der Waals surface area contributed by atoms with Crippen LogP contribution >= 0.6 is 11.3 Å². The summed E-state index contributed by atoms with van der Waals surface area (Å²) in [4.78, 5) is 7.19. The number of nitrogens with one attached hydrogen (secondary N) is 2. The lowest BCUT2D eigenvalue weighted by molar-refractivity contribution is 0.0497. The average molecular weight is 411 g/mol. The zero-order valence-corrected chi connectivity index (χ0v) is 18.4. The van der Waals surface area contributed by atoms with Crippen LogP contribution in [0.5, 0.6) is 0 Å². The molecule has 1 saturated heterocycles. The first kappa shape index (κ1) is 23.1. The van der Waals surface area contributed by atoms with Gasteiger partial charge in [-0.15, -0.1) is 0 Å². The van der Waals surface area contributed by atoms with Crippen LogP contribution in [0, 0.1) is 0 Å². The maximum Gasteiger partial charge on any atom is 0.191 e. The maximum absolute atomic E-state index is 5.60. The van der Waals surface area contributed by atoms with Crippen LogP contribution < -0.4 is 10.6 Å². The minimum absolute atomic E-state index is 0.490. The van der Waals surface area contributed by atoms with Crippen LogP contribution in [-0.4, -0.2) is 69.5 Å². The standard InChI is InChI=1S/C21H38N4O2S/c1-3-5-12-26-14-15-27-13-9-23-21(22-4-2)24-20-6-10-25(11-7-20)17-19-8-16-28-18-19/h8,16,18,20H,3-7,9-15,17H2,1-2H3,(H2,22,23,24). The van der Waals surface area contributed by atoms with E-state index in [9.17, 15) is 0 Å². The molecule has 28 heavy (non-hydrogen) atoms. The molecular formula is C21H38N4O2S. The van der Waals surface area contributed by atoms with Gasteiger partial charge in [0.1, 0.15) is 0 Å². The third-order valence-electron chi connectivity index (χ3n) is 4.78. The fourth-order valence-corrected chi connectivity index (χ4v) is 3.84. The summed E-state index contributed by atoms with van der Waals surface area (Å²) in [5, 5.41) is 11.4. The van der Waals surface area contributed by atoms with Gasteiger partial charge in [0.25, 0.3) is 0 Å². The number of guanidine groups is 1. The largest absolute Gasteiger partial charge is 0.379 e. The van der Waals surface area contributed by atoms with Gasteiger partial charge in [-0.1, -0.05) is 13.3 Å². The molecule has 0 aromatic carbocycles. The predicted molar refractivity (Wildman–Crippen MR) is 118 cm³/mol. The summed E-state index contributed by atoms with van der Waals surface area (Å²) < 4.78 is 11.1. The Hall–Kier alpha value is -1.15. The SMILES string of the molecule is CCCCOCCOCCN=C(NCC)NC1CCN(Cc2ccsc2)CC1. The van der Waals surface area contributed by atoms with E-state index in [4.69, 9.17) is 9.47 Å². The molecular weight excluding hydrogens is 372 g/mol. The molecule has 1 aliphatic rings. The second-order valence-electron chi connectivity index (χ2n) is 7.17. The van der Waals surface area contributed by atoms with Crippen LogP contribution in [0.3, 0.4) is 0 Å². The van der Waals surface area contributed by atoms with Crippen molar-refractivity contribution in [2.75, 3.05) is 52.6 Å². The molecule has 2 N–H and O–H groups in total. The predicted octanol–water partition coefficient (Wildman–Crippen LogP) is 3.10. The highest BCUT2D eigenvalue weighted by atomic mass is 32.1. The third-order valence-corrected chi connectivity index (χ3v) is 5.51. The zero-order chi connectivity index (χ0) is 19.9. The Morgan fingerprint density at radius 1 is 1.18 bits per heavy atom. The number of likely N-dealkylation sites (tertiary alicyclic amines) is 1.